The number of para-hydroxylation sites is 1. The summed E-state index contributed by atoms with van der Waals surface area (Å²) in [5, 5.41) is 5.83. The number of hydrogen-bond donors (Lipinski definition) is 1. The molecular weight excluding hydrogens is 401 g/mol. The van der Waals surface area contributed by atoms with Crippen LogP contribution in [0.25, 0.3) is 0 Å². The summed E-state index contributed by atoms with van der Waals surface area (Å²) in [7, 11) is 0. The summed E-state index contributed by atoms with van der Waals surface area (Å²) in [5.41, 5.74) is -0.00382. The average Bonchev–Trinajstić information content (AvgIpc) is 2.62. The zero-order valence-electron chi connectivity index (χ0n) is 14.7. The van der Waals surface area contributed by atoms with Crippen molar-refractivity contribution in [2.75, 3.05) is 18.0 Å². The van der Waals surface area contributed by atoms with Crippen molar-refractivity contribution in [2.45, 2.75) is 25.9 Å². The summed E-state index contributed by atoms with van der Waals surface area (Å²) in [6.45, 7) is 2.15. The van der Waals surface area contributed by atoms with Crippen molar-refractivity contribution in [3.8, 4) is 5.75 Å². The minimum atomic E-state index is -4.82. The van der Waals surface area contributed by atoms with Crippen molar-refractivity contribution in [3.63, 3.8) is 0 Å². The van der Waals surface area contributed by atoms with Crippen LogP contribution in [0.2, 0.25) is 5.02 Å². The number of H-pyrrole nitrogens is 1. The van der Waals surface area contributed by atoms with E-state index in [-0.39, 0.29) is 35.3 Å². The molecule has 150 valence electrons. The van der Waals surface area contributed by atoms with Gasteiger partial charge in [-0.25, -0.2) is 5.10 Å². The molecule has 0 saturated carbocycles. The summed E-state index contributed by atoms with van der Waals surface area (Å²) < 4.78 is 41.8. The van der Waals surface area contributed by atoms with E-state index in [1.165, 1.54) is 29.3 Å². The fourth-order valence-corrected chi connectivity index (χ4v) is 3.25. The Kier molecular flexibility index (Phi) is 5.50. The van der Waals surface area contributed by atoms with Gasteiger partial charge in [-0.05, 0) is 13.0 Å². The predicted molar refractivity (Wildman–Crippen MR) is 95.2 cm³/mol. The van der Waals surface area contributed by atoms with Crippen molar-refractivity contribution in [1.29, 1.82) is 0 Å². The first-order chi connectivity index (χ1) is 13.2. The van der Waals surface area contributed by atoms with Gasteiger partial charge in [0.05, 0.1) is 11.9 Å². The van der Waals surface area contributed by atoms with Crippen LogP contribution in [0.15, 0.2) is 35.3 Å². The van der Waals surface area contributed by atoms with E-state index in [0.29, 0.717) is 12.2 Å². The highest BCUT2D eigenvalue weighted by molar-refractivity contribution is 6.33. The Balaban J connectivity index is 1.79. The molecule has 1 aliphatic heterocycles. The van der Waals surface area contributed by atoms with Gasteiger partial charge in [0.25, 0.3) is 5.56 Å². The number of rotatable bonds is 4. The van der Waals surface area contributed by atoms with Crippen LogP contribution in [0.4, 0.5) is 18.9 Å². The molecule has 1 amide bonds. The number of carbonyl (C=O) groups is 1. The van der Waals surface area contributed by atoms with Gasteiger partial charge in [0.1, 0.15) is 16.8 Å². The lowest BCUT2D eigenvalue weighted by atomic mass is 10.1. The molecule has 0 aliphatic carbocycles. The Morgan fingerprint density at radius 1 is 1.29 bits per heavy atom. The number of nitrogens with one attached hydrogen (secondary N) is 1. The van der Waals surface area contributed by atoms with Crippen LogP contribution < -0.4 is 15.2 Å². The summed E-state index contributed by atoms with van der Waals surface area (Å²) in [4.78, 5) is 27.5. The Labute approximate surface area is 162 Å². The van der Waals surface area contributed by atoms with Crippen LogP contribution in [0, 0.1) is 0 Å². The zero-order chi connectivity index (χ0) is 20.5. The van der Waals surface area contributed by atoms with Crippen molar-refractivity contribution in [3.05, 3.63) is 51.4 Å². The largest absolute Gasteiger partial charge is 0.573 e. The number of benzene rings is 1. The Morgan fingerprint density at radius 2 is 2.00 bits per heavy atom. The smallest absolute Gasteiger partial charge is 0.405 e. The number of halogens is 4. The molecule has 1 aromatic carbocycles. The summed E-state index contributed by atoms with van der Waals surface area (Å²) in [6, 6.07) is 5.00. The number of piperazine rings is 1. The van der Waals surface area contributed by atoms with E-state index in [4.69, 9.17) is 11.6 Å². The topological polar surface area (TPSA) is 78.5 Å². The minimum Gasteiger partial charge on any atom is -0.405 e. The molecule has 0 spiro atoms. The summed E-state index contributed by atoms with van der Waals surface area (Å²) >= 11 is 6.01. The standard InChI is InChI=1S/C17H16ClF3N4O3/c1-10-16(27)24(6-7-25(10)12-8-22-23-15(26)14(12)18)9-11-4-2-3-5-13(11)28-17(19,20)21/h2-5,8,10H,6-7,9H2,1H3,(H,23,26)/t10-/m1/s1. The molecule has 0 radical (unpaired) electrons. The first kappa shape index (κ1) is 20.0. The van der Waals surface area contributed by atoms with E-state index in [1.54, 1.807) is 17.9 Å². The fraction of sp³-hybridized carbons (Fsp3) is 0.353. The fourth-order valence-electron chi connectivity index (χ4n) is 3.05. The van der Waals surface area contributed by atoms with E-state index in [1.807, 2.05) is 0 Å². The monoisotopic (exact) mass is 416 g/mol. The molecule has 1 aromatic heterocycles. The third-order valence-electron chi connectivity index (χ3n) is 4.39. The molecule has 2 heterocycles. The lowest BCUT2D eigenvalue weighted by Gasteiger charge is -2.40. The maximum Gasteiger partial charge on any atom is 0.573 e. The second-order valence-corrected chi connectivity index (χ2v) is 6.56. The van der Waals surface area contributed by atoms with Gasteiger partial charge in [0.15, 0.2) is 0 Å². The number of anilines is 1. The molecule has 11 heteroatoms. The van der Waals surface area contributed by atoms with Crippen molar-refractivity contribution >= 4 is 23.2 Å². The molecule has 1 N–H and O–H groups in total. The normalized spacial score (nSPS) is 17.8. The molecule has 1 fully saturated rings. The highest BCUT2D eigenvalue weighted by atomic mass is 35.5. The minimum absolute atomic E-state index is 0.0371. The molecule has 3 rings (SSSR count). The van der Waals surface area contributed by atoms with Crippen LogP contribution >= 0.6 is 11.6 Å². The highest BCUT2D eigenvalue weighted by Crippen LogP contribution is 2.29. The van der Waals surface area contributed by atoms with Crippen molar-refractivity contribution in [1.82, 2.24) is 15.1 Å². The quantitative estimate of drug-likeness (QED) is 0.828. The van der Waals surface area contributed by atoms with E-state index in [2.05, 4.69) is 14.9 Å². The first-order valence-corrected chi connectivity index (χ1v) is 8.67. The molecule has 1 atom stereocenters. The van der Waals surface area contributed by atoms with Crippen LogP contribution in [0.3, 0.4) is 0 Å². The Hall–Kier alpha value is -2.75. The number of nitrogens with zero attached hydrogens (tertiary/aromatic N) is 3. The van der Waals surface area contributed by atoms with Crippen LogP contribution in [0.5, 0.6) is 5.75 Å². The molecular formula is C17H16ClF3N4O3. The maximum atomic E-state index is 12.8. The molecule has 1 saturated heterocycles. The van der Waals surface area contributed by atoms with E-state index in [9.17, 15) is 22.8 Å². The van der Waals surface area contributed by atoms with Gasteiger partial charge in [-0.15, -0.1) is 13.2 Å². The number of aromatic nitrogens is 2. The van der Waals surface area contributed by atoms with Crippen LogP contribution in [-0.2, 0) is 11.3 Å². The Morgan fingerprint density at radius 3 is 2.71 bits per heavy atom. The lowest BCUT2D eigenvalue weighted by molar-refractivity contribution is -0.275. The van der Waals surface area contributed by atoms with Gasteiger partial charge in [-0.1, -0.05) is 29.8 Å². The SMILES string of the molecule is C[C@@H]1C(=O)N(Cc2ccccc2OC(F)(F)F)CCN1c1cn[nH]c(=O)c1Cl. The van der Waals surface area contributed by atoms with E-state index < -0.39 is 18.0 Å². The molecule has 2 aromatic rings. The highest BCUT2D eigenvalue weighted by Gasteiger charge is 2.35. The van der Waals surface area contributed by atoms with Gasteiger partial charge in [0, 0.05) is 25.2 Å². The summed E-state index contributed by atoms with van der Waals surface area (Å²) in [6.07, 6.45) is -3.47. The molecule has 1 aliphatic rings. The second kappa shape index (κ2) is 7.70. The van der Waals surface area contributed by atoms with Gasteiger partial charge in [0.2, 0.25) is 5.91 Å². The predicted octanol–water partition coefficient (Wildman–Crippen LogP) is 2.56. The maximum absolute atomic E-state index is 12.8. The van der Waals surface area contributed by atoms with Gasteiger partial charge >= 0.3 is 6.36 Å². The number of amides is 1. The third kappa shape index (κ3) is 4.22. The van der Waals surface area contributed by atoms with Gasteiger partial charge in [-0.3, -0.25) is 9.59 Å². The third-order valence-corrected chi connectivity index (χ3v) is 4.76. The number of alkyl halides is 3. The molecule has 28 heavy (non-hydrogen) atoms. The van der Waals surface area contributed by atoms with Crippen molar-refractivity contribution < 1.29 is 22.7 Å². The average molecular weight is 417 g/mol. The first-order valence-electron chi connectivity index (χ1n) is 8.29. The Bertz CT molecular complexity index is 934. The molecule has 7 nitrogen and oxygen atoms in total. The van der Waals surface area contributed by atoms with E-state index in [0.717, 1.165) is 0 Å². The lowest BCUT2D eigenvalue weighted by Crippen LogP contribution is -2.56. The van der Waals surface area contributed by atoms with Crippen molar-refractivity contribution in [2.24, 2.45) is 0 Å². The van der Waals surface area contributed by atoms with Crippen LogP contribution in [-0.4, -0.2) is 46.5 Å². The van der Waals surface area contributed by atoms with E-state index >= 15 is 0 Å². The molecule has 0 unspecified atom stereocenters. The zero-order valence-corrected chi connectivity index (χ0v) is 15.4. The number of aromatic amines is 1. The van der Waals surface area contributed by atoms with Gasteiger partial charge < -0.3 is 14.5 Å². The van der Waals surface area contributed by atoms with Gasteiger partial charge in [-0.2, -0.15) is 5.10 Å². The molecule has 0 bridgehead atoms. The number of ether oxygens (including phenoxy) is 1. The number of carbonyl (C=O) groups excluding carboxylic acids is 1. The second-order valence-electron chi connectivity index (χ2n) is 6.18. The van der Waals surface area contributed by atoms with Crippen LogP contribution in [0.1, 0.15) is 12.5 Å². The number of hydrogen-bond acceptors (Lipinski definition) is 5. The summed E-state index contributed by atoms with van der Waals surface area (Å²) in [5.74, 6) is -0.663.